The van der Waals surface area contributed by atoms with Gasteiger partial charge in [-0.1, -0.05) is 44.7 Å². The Morgan fingerprint density at radius 3 is 2.47 bits per heavy atom. The Balaban J connectivity index is 2.89. The Labute approximate surface area is 117 Å². The lowest BCUT2D eigenvalue weighted by atomic mass is 9.78. The van der Waals surface area contributed by atoms with Gasteiger partial charge in [-0.05, 0) is 44.0 Å². The molecule has 1 aromatic carbocycles. The summed E-state index contributed by atoms with van der Waals surface area (Å²) < 4.78 is 0. The molecule has 104 valence electrons. The zero-order valence-electron chi connectivity index (χ0n) is 12.5. The molecule has 1 atom stereocenters. The highest BCUT2D eigenvalue weighted by Crippen LogP contribution is 2.29. The summed E-state index contributed by atoms with van der Waals surface area (Å²) >= 11 is 0. The van der Waals surface area contributed by atoms with Crippen molar-refractivity contribution in [2.24, 2.45) is 11.1 Å². The monoisotopic (exact) mass is 259 g/mol. The predicted molar refractivity (Wildman–Crippen MR) is 80.8 cm³/mol. The smallest absolute Gasteiger partial charge is 0.127 e. The summed E-state index contributed by atoms with van der Waals surface area (Å²) in [6, 6.07) is 8.13. The number of aryl methyl sites for hydroxylation is 1. The van der Waals surface area contributed by atoms with E-state index in [1.807, 2.05) is 32.9 Å². The number of nitrogens with two attached hydrogens (primary N) is 1. The first-order valence-electron chi connectivity index (χ1n) is 6.81. The topological polar surface area (TPSA) is 46.2 Å². The molecule has 0 aromatic heterocycles. The third-order valence-electron chi connectivity index (χ3n) is 3.51. The molecule has 0 radical (unpaired) electrons. The minimum Gasteiger partial charge on any atom is -0.377 e. The van der Waals surface area contributed by atoms with Crippen LogP contribution in [0.5, 0.6) is 0 Å². The number of rotatable bonds is 3. The summed E-state index contributed by atoms with van der Waals surface area (Å²) in [5, 5.41) is 10.3. The van der Waals surface area contributed by atoms with E-state index in [2.05, 4.69) is 24.0 Å². The van der Waals surface area contributed by atoms with Crippen LogP contribution in [-0.4, -0.2) is 17.3 Å². The molecule has 0 aliphatic rings. The van der Waals surface area contributed by atoms with Gasteiger partial charge in [-0.2, -0.15) is 0 Å². The number of benzene rings is 1. The second-order valence-corrected chi connectivity index (χ2v) is 6.16. The molecule has 1 aromatic rings. The molecule has 19 heavy (non-hydrogen) atoms. The molecule has 0 aliphatic heterocycles. The molecule has 2 nitrogen and oxygen atoms in total. The normalized spacial score (nSPS) is 14.4. The van der Waals surface area contributed by atoms with E-state index in [9.17, 15) is 5.11 Å². The standard InChI is InChI=1S/C17H25NO/c1-16(2,3)17(4,19)11-10-15-8-5-7-14(13-15)9-6-12-18/h5,7-8,13,19H,6,9,12,18H2,1-4H3. The molecular weight excluding hydrogens is 234 g/mol. The number of aliphatic hydroxyl groups is 1. The lowest BCUT2D eigenvalue weighted by Gasteiger charge is -2.32. The molecule has 2 heteroatoms. The maximum Gasteiger partial charge on any atom is 0.127 e. The molecule has 3 N–H and O–H groups in total. The van der Waals surface area contributed by atoms with Crippen LogP contribution in [0, 0.1) is 17.3 Å². The van der Waals surface area contributed by atoms with Gasteiger partial charge in [0.15, 0.2) is 0 Å². The lowest BCUT2D eigenvalue weighted by Crippen LogP contribution is -2.38. The van der Waals surface area contributed by atoms with Gasteiger partial charge in [-0.15, -0.1) is 0 Å². The molecule has 0 bridgehead atoms. The molecule has 0 saturated carbocycles. The Morgan fingerprint density at radius 2 is 1.89 bits per heavy atom. The molecule has 0 aliphatic carbocycles. The Kier molecular flexibility index (Phi) is 5.17. The summed E-state index contributed by atoms with van der Waals surface area (Å²) in [5.41, 5.74) is 6.44. The summed E-state index contributed by atoms with van der Waals surface area (Å²) in [4.78, 5) is 0. The zero-order valence-corrected chi connectivity index (χ0v) is 12.5. The van der Waals surface area contributed by atoms with Gasteiger partial charge in [0.25, 0.3) is 0 Å². The summed E-state index contributed by atoms with van der Waals surface area (Å²) in [7, 11) is 0. The average molecular weight is 259 g/mol. The van der Waals surface area contributed by atoms with Crippen LogP contribution in [0.3, 0.4) is 0 Å². The van der Waals surface area contributed by atoms with E-state index < -0.39 is 5.60 Å². The second kappa shape index (κ2) is 6.23. The Hall–Kier alpha value is -1.30. The largest absolute Gasteiger partial charge is 0.377 e. The fraction of sp³-hybridized carbons (Fsp3) is 0.529. The van der Waals surface area contributed by atoms with Crippen LogP contribution in [0.1, 0.15) is 45.2 Å². The van der Waals surface area contributed by atoms with Crippen molar-refractivity contribution >= 4 is 0 Å². The molecular formula is C17H25NO. The first kappa shape index (κ1) is 15.8. The van der Waals surface area contributed by atoms with E-state index in [4.69, 9.17) is 5.73 Å². The van der Waals surface area contributed by atoms with E-state index in [0.717, 1.165) is 18.4 Å². The van der Waals surface area contributed by atoms with Gasteiger partial charge in [-0.25, -0.2) is 0 Å². The van der Waals surface area contributed by atoms with Gasteiger partial charge in [0.1, 0.15) is 5.60 Å². The number of hydrogen-bond acceptors (Lipinski definition) is 2. The SMILES string of the molecule is CC(C)(C)C(C)(O)C#Cc1cccc(CCCN)c1. The van der Waals surface area contributed by atoms with Crippen molar-refractivity contribution < 1.29 is 5.11 Å². The van der Waals surface area contributed by atoms with Gasteiger partial charge in [0.05, 0.1) is 0 Å². The van der Waals surface area contributed by atoms with Crippen LogP contribution in [0.25, 0.3) is 0 Å². The van der Waals surface area contributed by atoms with Crippen LogP contribution in [0.2, 0.25) is 0 Å². The van der Waals surface area contributed by atoms with Crippen LogP contribution < -0.4 is 5.73 Å². The maximum absolute atomic E-state index is 10.3. The highest BCUT2D eigenvalue weighted by molar-refractivity contribution is 5.39. The van der Waals surface area contributed by atoms with Crippen molar-refractivity contribution in [1.29, 1.82) is 0 Å². The third-order valence-corrected chi connectivity index (χ3v) is 3.51. The van der Waals surface area contributed by atoms with Gasteiger partial charge < -0.3 is 10.8 Å². The summed E-state index contributed by atoms with van der Waals surface area (Å²) in [6.45, 7) is 8.42. The van der Waals surface area contributed by atoms with Crippen LogP contribution in [0.4, 0.5) is 0 Å². The van der Waals surface area contributed by atoms with E-state index >= 15 is 0 Å². The van der Waals surface area contributed by atoms with Crippen LogP contribution in [-0.2, 0) is 6.42 Å². The molecule has 0 amide bonds. The van der Waals surface area contributed by atoms with Crippen molar-refractivity contribution in [2.45, 2.75) is 46.1 Å². The van der Waals surface area contributed by atoms with Gasteiger partial charge in [-0.3, -0.25) is 0 Å². The van der Waals surface area contributed by atoms with Crippen molar-refractivity contribution in [1.82, 2.24) is 0 Å². The summed E-state index contributed by atoms with van der Waals surface area (Å²) in [6.07, 6.45) is 1.96. The Morgan fingerprint density at radius 1 is 1.21 bits per heavy atom. The van der Waals surface area contributed by atoms with E-state index in [-0.39, 0.29) is 5.41 Å². The molecule has 1 unspecified atom stereocenters. The van der Waals surface area contributed by atoms with Gasteiger partial charge in [0, 0.05) is 11.0 Å². The Bertz CT molecular complexity index is 472. The van der Waals surface area contributed by atoms with Crippen LogP contribution in [0.15, 0.2) is 24.3 Å². The van der Waals surface area contributed by atoms with Gasteiger partial charge >= 0.3 is 0 Å². The van der Waals surface area contributed by atoms with Crippen molar-refractivity contribution in [2.75, 3.05) is 6.54 Å². The zero-order chi connectivity index (χ0) is 14.5. The first-order chi connectivity index (χ1) is 8.76. The fourth-order valence-corrected chi connectivity index (χ4v) is 1.49. The predicted octanol–water partition coefficient (Wildman–Crippen LogP) is 2.73. The van der Waals surface area contributed by atoms with Crippen LogP contribution >= 0.6 is 0 Å². The molecule has 0 spiro atoms. The number of hydrogen-bond donors (Lipinski definition) is 2. The van der Waals surface area contributed by atoms with Gasteiger partial charge in [0.2, 0.25) is 0 Å². The molecule has 0 heterocycles. The lowest BCUT2D eigenvalue weighted by molar-refractivity contribution is 0.0129. The quantitative estimate of drug-likeness (QED) is 0.820. The van der Waals surface area contributed by atoms with Crippen molar-refractivity contribution in [3.05, 3.63) is 35.4 Å². The van der Waals surface area contributed by atoms with E-state index in [0.29, 0.717) is 6.54 Å². The third kappa shape index (κ3) is 4.70. The molecule has 1 rings (SSSR count). The summed E-state index contributed by atoms with van der Waals surface area (Å²) in [5.74, 6) is 6.06. The minimum atomic E-state index is -1.000. The van der Waals surface area contributed by atoms with E-state index in [1.165, 1.54) is 5.56 Å². The molecule has 0 saturated heterocycles. The fourth-order valence-electron chi connectivity index (χ4n) is 1.49. The van der Waals surface area contributed by atoms with Crippen molar-refractivity contribution in [3.8, 4) is 11.8 Å². The highest BCUT2D eigenvalue weighted by atomic mass is 16.3. The maximum atomic E-state index is 10.3. The molecule has 0 fully saturated rings. The average Bonchev–Trinajstić information content (AvgIpc) is 2.33. The second-order valence-electron chi connectivity index (χ2n) is 6.16. The van der Waals surface area contributed by atoms with Crippen molar-refractivity contribution in [3.63, 3.8) is 0 Å². The van der Waals surface area contributed by atoms with E-state index in [1.54, 1.807) is 6.92 Å². The highest BCUT2D eigenvalue weighted by Gasteiger charge is 2.33. The minimum absolute atomic E-state index is 0.267. The first-order valence-corrected chi connectivity index (χ1v) is 6.81.